The summed E-state index contributed by atoms with van der Waals surface area (Å²) in [5.74, 6) is 0.245. The molecule has 5 nitrogen and oxygen atoms in total. The molecule has 0 saturated heterocycles. The molecule has 1 aromatic heterocycles. The molecule has 148 valence electrons. The average Bonchev–Trinajstić information content (AvgIpc) is 3.06. The molecule has 0 amide bonds. The molecule has 29 heavy (non-hydrogen) atoms. The van der Waals surface area contributed by atoms with Gasteiger partial charge in [-0.2, -0.15) is 0 Å². The van der Waals surface area contributed by atoms with Crippen LogP contribution in [0.25, 0.3) is 11.0 Å². The van der Waals surface area contributed by atoms with Crippen molar-refractivity contribution in [3.63, 3.8) is 0 Å². The summed E-state index contributed by atoms with van der Waals surface area (Å²) in [7, 11) is 0. The SMILES string of the molecule is O=c1[nH]c2ccc(NCc3cc(Cl)ccc3OCc3ccc(F)cc3Cl)cc2[nH]1. The Bertz CT molecular complexity index is 1240. The molecule has 0 aliphatic heterocycles. The maximum Gasteiger partial charge on any atom is 0.323 e. The maximum atomic E-state index is 13.2. The van der Waals surface area contributed by atoms with Gasteiger partial charge >= 0.3 is 5.69 Å². The van der Waals surface area contributed by atoms with Crippen molar-refractivity contribution >= 4 is 39.9 Å². The van der Waals surface area contributed by atoms with E-state index in [0.717, 1.165) is 16.8 Å². The van der Waals surface area contributed by atoms with E-state index in [1.807, 2.05) is 24.3 Å². The van der Waals surface area contributed by atoms with Crippen LogP contribution in [0.1, 0.15) is 11.1 Å². The van der Waals surface area contributed by atoms with Crippen LogP contribution in [0.3, 0.4) is 0 Å². The Balaban J connectivity index is 1.50. The lowest BCUT2D eigenvalue weighted by atomic mass is 10.2. The number of ether oxygens (including phenoxy) is 1. The second-order valence-corrected chi connectivity index (χ2v) is 7.31. The lowest BCUT2D eigenvalue weighted by Gasteiger charge is -2.14. The van der Waals surface area contributed by atoms with E-state index in [4.69, 9.17) is 27.9 Å². The number of benzene rings is 3. The van der Waals surface area contributed by atoms with E-state index in [9.17, 15) is 9.18 Å². The number of aromatic amines is 2. The molecule has 0 spiro atoms. The zero-order valence-corrected chi connectivity index (χ0v) is 16.6. The monoisotopic (exact) mass is 431 g/mol. The fourth-order valence-corrected chi connectivity index (χ4v) is 3.38. The van der Waals surface area contributed by atoms with E-state index in [2.05, 4.69) is 15.3 Å². The number of hydrogen-bond donors (Lipinski definition) is 3. The Labute approximate surface area is 175 Å². The van der Waals surface area contributed by atoms with Crippen LogP contribution >= 0.6 is 23.2 Å². The largest absolute Gasteiger partial charge is 0.488 e. The lowest BCUT2D eigenvalue weighted by molar-refractivity contribution is 0.303. The summed E-state index contributed by atoms with van der Waals surface area (Å²) in [5, 5.41) is 4.19. The van der Waals surface area contributed by atoms with E-state index in [0.29, 0.717) is 33.4 Å². The molecule has 8 heteroatoms. The van der Waals surface area contributed by atoms with Crippen molar-refractivity contribution in [1.82, 2.24) is 9.97 Å². The topological polar surface area (TPSA) is 69.9 Å². The van der Waals surface area contributed by atoms with Crippen molar-refractivity contribution in [2.45, 2.75) is 13.2 Å². The molecule has 0 unspecified atom stereocenters. The standard InChI is InChI=1S/C21H16Cl2FN3O2/c22-14-2-6-20(29-11-12-1-3-15(24)8-17(12)23)13(7-14)10-25-16-4-5-18-19(9-16)27-21(28)26-18/h1-9,25H,10-11H2,(H2,26,27,28). The van der Waals surface area contributed by atoms with Crippen molar-refractivity contribution in [2.75, 3.05) is 5.32 Å². The highest BCUT2D eigenvalue weighted by molar-refractivity contribution is 6.31. The van der Waals surface area contributed by atoms with Crippen LogP contribution in [0.15, 0.2) is 59.4 Å². The third kappa shape index (κ3) is 4.55. The number of rotatable bonds is 6. The summed E-state index contributed by atoms with van der Waals surface area (Å²) in [4.78, 5) is 16.8. The summed E-state index contributed by atoms with van der Waals surface area (Å²) in [6.45, 7) is 0.650. The van der Waals surface area contributed by atoms with Gasteiger partial charge in [0.2, 0.25) is 0 Å². The maximum absolute atomic E-state index is 13.2. The number of imidazole rings is 1. The van der Waals surface area contributed by atoms with E-state index in [-0.39, 0.29) is 12.3 Å². The molecule has 0 radical (unpaired) electrons. The Hall–Kier alpha value is -2.96. The molecule has 0 aliphatic carbocycles. The van der Waals surface area contributed by atoms with Crippen molar-refractivity contribution in [3.8, 4) is 5.75 Å². The van der Waals surface area contributed by atoms with Gasteiger partial charge in [-0.15, -0.1) is 0 Å². The van der Waals surface area contributed by atoms with E-state index in [1.165, 1.54) is 12.1 Å². The molecule has 0 fully saturated rings. The number of nitrogens with one attached hydrogen (secondary N) is 3. The third-order valence-electron chi connectivity index (χ3n) is 4.42. The van der Waals surface area contributed by atoms with E-state index >= 15 is 0 Å². The van der Waals surface area contributed by atoms with Gasteiger partial charge in [-0.05, 0) is 48.5 Å². The molecule has 0 aliphatic rings. The van der Waals surface area contributed by atoms with Gasteiger partial charge in [0.15, 0.2) is 0 Å². The fourth-order valence-electron chi connectivity index (χ4n) is 2.96. The first-order valence-electron chi connectivity index (χ1n) is 8.79. The van der Waals surface area contributed by atoms with Gasteiger partial charge in [0.1, 0.15) is 18.2 Å². The zero-order chi connectivity index (χ0) is 20.4. The Kier molecular flexibility index (Phi) is 5.47. The van der Waals surface area contributed by atoms with Crippen LogP contribution in [0.5, 0.6) is 5.75 Å². The predicted molar refractivity (Wildman–Crippen MR) is 113 cm³/mol. The van der Waals surface area contributed by atoms with Crippen LogP contribution in [-0.4, -0.2) is 9.97 Å². The first kappa shape index (κ1) is 19.4. The number of anilines is 1. The number of hydrogen-bond acceptors (Lipinski definition) is 3. The van der Waals surface area contributed by atoms with Crippen LogP contribution in [0.2, 0.25) is 10.0 Å². The minimum atomic E-state index is -0.393. The lowest BCUT2D eigenvalue weighted by Crippen LogP contribution is -2.04. The van der Waals surface area contributed by atoms with Gasteiger partial charge in [-0.1, -0.05) is 29.3 Å². The predicted octanol–water partition coefficient (Wildman–Crippen LogP) is 5.49. The summed E-state index contributed by atoms with van der Waals surface area (Å²) < 4.78 is 19.1. The molecule has 3 N–H and O–H groups in total. The zero-order valence-electron chi connectivity index (χ0n) is 15.1. The molecule has 3 aromatic carbocycles. The van der Waals surface area contributed by atoms with Crippen LogP contribution < -0.4 is 15.7 Å². The summed E-state index contributed by atoms with van der Waals surface area (Å²) in [6, 6.07) is 15.1. The second kappa shape index (κ2) is 8.19. The molecule has 0 bridgehead atoms. The van der Waals surface area contributed by atoms with Crippen LogP contribution in [-0.2, 0) is 13.2 Å². The average molecular weight is 432 g/mol. The third-order valence-corrected chi connectivity index (χ3v) is 5.01. The van der Waals surface area contributed by atoms with Crippen LogP contribution in [0.4, 0.5) is 10.1 Å². The summed E-state index contributed by atoms with van der Waals surface area (Å²) in [6.07, 6.45) is 0. The van der Waals surface area contributed by atoms with Gasteiger partial charge in [0, 0.05) is 28.4 Å². The normalized spacial score (nSPS) is 11.0. The first-order chi connectivity index (χ1) is 14.0. The highest BCUT2D eigenvalue weighted by atomic mass is 35.5. The molecule has 0 atom stereocenters. The Morgan fingerprint density at radius 2 is 1.76 bits per heavy atom. The Morgan fingerprint density at radius 1 is 0.931 bits per heavy atom. The highest BCUT2D eigenvalue weighted by Gasteiger charge is 2.09. The van der Waals surface area contributed by atoms with Crippen LogP contribution in [0, 0.1) is 5.82 Å². The second-order valence-electron chi connectivity index (χ2n) is 6.47. The first-order valence-corrected chi connectivity index (χ1v) is 9.54. The molecule has 1 heterocycles. The Morgan fingerprint density at radius 3 is 2.59 bits per heavy atom. The number of H-pyrrole nitrogens is 2. The molecule has 4 rings (SSSR count). The summed E-state index contributed by atoms with van der Waals surface area (Å²) >= 11 is 12.2. The quantitative estimate of drug-likeness (QED) is 0.377. The number of halogens is 3. The summed E-state index contributed by atoms with van der Waals surface area (Å²) in [5.41, 5.74) is 3.57. The number of fused-ring (bicyclic) bond motifs is 1. The van der Waals surface area contributed by atoms with Crippen molar-refractivity contribution in [3.05, 3.63) is 92.1 Å². The fraction of sp³-hybridized carbons (Fsp3) is 0.0952. The minimum Gasteiger partial charge on any atom is -0.488 e. The molecular formula is C21H16Cl2FN3O2. The smallest absolute Gasteiger partial charge is 0.323 e. The van der Waals surface area contributed by atoms with E-state index < -0.39 is 5.82 Å². The molecule has 0 saturated carbocycles. The van der Waals surface area contributed by atoms with Gasteiger partial charge in [-0.25, -0.2) is 9.18 Å². The van der Waals surface area contributed by atoms with Crippen molar-refractivity contribution in [2.24, 2.45) is 0 Å². The van der Waals surface area contributed by atoms with Gasteiger partial charge in [-0.3, -0.25) is 0 Å². The van der Waals surface area contributed by atoms with Gasteiger partial charge < -0.3 is 20.0 Å². The van der Waals surface area contributed by atoms with Crippen molar-refractivity contribution in [1.29, 1.82) is 0 Å². The molecule has 4 aromatic rings. The minimum absolute atomic E-state index is 0.199. The molecular weight excluding hydrogens is 416 g/mol. The highest BCUT2D eigenvalue weighted by Crippen LogP contribution is 2.27. The van der Waals surface area contributed by atoms with E-state index in [1.54, 1.807) is 18.2 Å². The van der Waals surface area contributed by atoms with Crippen molar-refractivity contribution < 1.29 is 9.13 Å². The number of aromatic nitrogens is 2. The van der Waals surface area contributed by atoms with Gasteiger partial charge in [0.05, 0.1) is 16.1 Å². The van der Waals surface area contributed by atoms with Gasteiger partial charge in [0.25, 0.3) is 0 Å².